The first-order valence-electron chi connectivity index (χ1n) is 7.13. The Morgan fingerprint density at radius 1 is 1.36 bits per heavy atom. The van der Waals surface area contributed by atoms with Crippen LogP contribution in [0.1, 0.15) is 30.4 Å². The first kappa shape index (κ1) is 15.8. The van der Waals surface area contributed by atoms with Crippen LogP contribution < -0.4 is 10.6 Å². The molecule has 22 heavy (non-hydrogen) atoms. The average Bonchev–Trinajstić information content (AvgIpc) is 2.90. The normalized spacial score (nSPS) is 15.8. The molecule has 1 atom stereocenters. The Bertz CT molecular complexity index is 615. The number of imide groups is 1. The molecule has 7 heteroatoms. The van der Waals surface area contributed by atoms with E-state index in [1.54, 1.807) is 19.1 Å². The van der Waals surface area contributed by atoms with Crippen molar-refractivity contribution in [2.24, 2.45) is 0 Å². The summed E-state index contributed by atoms with van der Waals surface area (Å²) < 4.78 is 0. The summed E-state index contributed by atoms with van der Waals surface area (Å²) in [6.45, 7) is 1.77. The minimum Gasteiger partial charge on any atom is -0.465 e. The van der Waals surface area contributed by atoms with Gasteiger partial charge < -0.3 is 15.7 Å². The Hall–Kier alpha value is -2.57. The van der Waals surface area contributed by atoms with Crippen molar-refractivity contribution in [1.29, 1.82) is 0 Å². The highest BCUT2D eigenvalue weighted by molar-refractivity contribution is 5.96. The van der Waals surface area contributed by atoms with Crippen LogP contribution in [-0.2, 0) is 11.2 Å². The number of carboxylic acid groups (broad SMARTS) is 1. The van der Waals surface area contributed by atoms with Gasteiger partial charge in [-0.2, -0.15) is 0 Å². The predicted octanol–water partition coefficient (Wildman–Crippen LogP) is 1.99. The molecule has 1 aromatic rings. The fourth-order valence-corrected chi connectivity index (χ4v) is 2.72. The summed E-state index contributed by atoms with van der Waals surface area (Å²) in [7, 11) is 1.53. The summed E-state index contributed by atoms with van der Waals surface area (Å²) in [4.78, 5) is 35.6. The summed E-state index contributed by atoms with van der Waals surface area (Å²) >= 11 is 0. The number of anilines is 1. The van der Waals surface area contributed by atoms with Gasteiger partial charge in [0.2, 0.25) is 5.91 Å². The van der Waals surface area contributed by atoms with Gasteiger partial charge in [-0.15, -0.1) is 0 Å². The zero-order chi connectivity index (χ0) is 16.3. The van der Waals surface area contributed by atoms with Gasteiger partial charge in [0.1, 0.15) is 0 Å². The van der Waals surface area contributed by atoms with Crippen LogP contribution in [0.5, 0.6) is 0 Å². The van der Waals surface area contributed by atoms with Crippen LogP contribution in [0.25, 0.3) is 0 Å². The molecule has 0 saturated carbocycles. The Morgan fingerprint density at radius 2 is 2.09 bits per heavy atom. The second kappa shape index (κ2) is 6.46. The topological polar surface area (TPSA) is 98.7 Å². The number of aryl methyl sites for hydroxylation is 1. The van der Waals surface area contributed by atoms with E-state index in [1.807, 2.05) is 6.07 Å². The van der Waals surface area contributed by atoms with Crippen molar-refractivity contribution in [1.82, 2.24) is 10.2 Å². The van der Waals surface area contributed by atoms with Crippen LogP contribution >= 0.6 is 0 Å². The van der Waals surface area contributed by atoms with E-state index >= 15 is 0 Å². The van der Waals surface area contributed by atoms with Crippen molar-refractivity contribution >= 4 is 23.7 Å². The number of fused-ring (bicyclic) bond motifs is 1. The highest BCUT2D eigenvalue weighted by Gasteiger charge is 2.33. The number of urea groups is 1. The Kier molecular flexibility index (Phi) is 4.65. The monoisotopic (exact) mass is 305 g/mol. The zero-order valence-corrected chi connectivity index (χ0v) is 12.5. The summed E-state index contributed by atoms with van der Waals surface area (Å²) in [5.41, 5.74) is 2.46. The molecule has 0 aliphatic heterocycles. The maximum Gasteiger partial charge on any atom is 0.414 e. The van der Waals surface area contributed by atoms with E-state index in [1.165, 1.54) is 7.05 Å². The molecule has 0 spiro atoms. The standard InChI is InChI=1S/C15H19N3O4/c1-3-18(15(21)22)13(19)12-6-4-9-8-10(5-7-11(9)12)17-14(20)16-2/h5,7-8,12H,3-4,6H2,1-2H3,(H,21,22)(H2,16,17,20). The fraction of sp³-hybridized carbons (Fsp3) is 0.400. The molecule has 1 aromatic carbocycles. The molecule has 0 bridgehead atoms. The first-order valence-corrected chi connectivity index (χ1v) is 7.13. The van der Waals surface area contributed by atoms with E-state index in [2.05, 4.69) is 10.6 Å². The predicted molar refractivity (Wildman–Crippen MR) is 81.0 cm³/mol. The number of amides is 4. The van der Waals surface area contributed by atoms with Crippen LogP contribution in [-0.4, -0.2) is 41.6 Å². The minimum atomic E-state index is -1.22. The largest absolute Gasteiger partial charge is 0.465 e. The Labute approximate surface area is 128 Å². The lowest BCUT2D eigenvalue weighted by atomic mass is 9.99. The summed E-state index contributed by atoms with van der Waals surface area (Å²) in [5, 5.41) is 14.2. The third-order valence-corrected chi connectivity index (χ3v) is 3.82. The quantitative estimate of drug-likeness (QED) is 0.795. The molecule has 4 amide bonds. The maximum absolute atomic E-state index is 12.4. The molecule has 1 unspecified atom stereocenters. The number of carbonyl (C=O) groups excluding carboxylic acids is 2. The molecule has 3 N–H and O–H groups in total. The molecule has 0 radical (unpaired) electrons. The van der Waals surface area contributed by atoms with Gasteiger partial charge in [-0.3, -0.25) is 4.79 Å². The number of benzene rings is 1. The number of hydrogen-bond donors (Lipinski definition) is 3. The number of hydrogen-bond acceptors (Lipinski definition) is 3. The Morgan fingerprint density at radius 3 is 2.68 bits per heavy atom. The van der Waals surface area contributed by atoms with Crippen molar-refractivity contribution in [2.75, 3.05) is 18.9 Å². The van der Waals surface area contributed by atoms with Crippen molar-refractivity contribution in [3.05, 3.63) is 29.3 Å². The molecule has 0 aromatic heterocycles. The lowest BCUT2D eigenvalue weighted by molar-refractivity contribution is -0.130. The van der Waals surface area contributed by atoms with Gasteiger partial charge in [0, 0.05) is 19.3 Å². The van der Waals surface area contributed by atoms with Gasteiger partial charge in [-0.05, 0) is 43.0 Å². The molecular formula is C15H19N3O4. The smallest absolute Gasteiger partial charge is 0.414 e. The van der Waals surface area contributed by atoms with Crippen LogP contribution in [0.4, 0.5) is 15.3 Å². The molecule has 0 fully saturated rings. The van der Waals surface area contributed by atoms with E-state index in [-0.39, 0.29) is 18.5 Å². The van der Waals surface area contributed by atoms with E-state index in [9.17, 15) is 14.4 Å². The Balaban J connectivity index is 2.21. The number of likely N-dealkylation sites (N-methyl/N-ethyl adjacent to an activating group) is 1. The SMILES string of the molecule is CCN(C(=O)O)C(=O)C1CCc2cc(NC(=O)NC)ccc21. The number of carbonyl (C=O) groups is 3. The minimum absolute atomic E-state index is 0.135. The zero-order valence-electron chi connectivity index (χ0n) is 12.5. The van der Waals surface area contributed by atoms with Crippen LogP contribution in [0, 0.1) is 0 Å². The molecule has 2 rings (SSSR count). The first-order chi connectivity index (χ1) is 10.5. The molecule has 1 aliphatic rings. The molecule has 1 aliphatic carbocycles. The van der Waals surface area contributed by atoms with Gasteiger partial charge in [0.25, 0.3) is 0 Å². The van der Waals surface area contributed by atoms with Gasteiger partial charge in [0.05, 0.1) is 5.92 Å². The van der Waals surface area contributed by atoms with E-state index in [4.69, 9.17) is 5.11 Å². The summed E-state index contributed by atoms with van der Waals surface area (Å²) in [6, 6.07) is 5.02. The van der Waals surface area contributed by atoms with Crippen molar-refractivity contribution in [2.45, 2.75) is 25.7 Å². The van der Waals surface area contributed by atoms with Gasteiger partial charge in [-0.25, -0.2) is 14.5 Å². The third kappa shape index (κ3) is 3.03. The average molecular weight is 305 g/mol. The van der Waals surface area contributed by atoms with Crippen LogP contribution in [0.15, 0.2) is 18.2 Å². The highest BCUT2D eigenvalue weighted by atomic mass is 16.4. The van der Waals surface area contributed by atoms with Gasteiger partial charge in [-0.1, -0.05) is 6.07 Å². The van der Waals surface area contributed by atoms with E-state index < -0.39 is 12.0 Å². The van der Waals surface area contributed by atoms with E-state index in [0.717, 1.165) is 16.0 Å². The molecule has 118 valence electrons. The fourth-order valence-electron chi connectivity index (χ4n) is 2.72. The van der Waals surface area contributed by atoms with Gasteiger partial charge in [0.15, 0.2) is 0 Å². The molecule has 7 nitrogen and oxygen atoms in total. The second-order valence-electron chi connectivity index (χ2n) is 5.07. The van der Waals surface area contributed by atoms with Crippen LogP contribution in [0.2, 0.25) is 0 Å². The number of nitrogens with one attached hydrogen (secondary N) is 2. The lowest BCUT2D eigenvalue weighted by Crippen LogP contribution is -2.38. The summed E-state index contributed by atoms with van der Waals surface area (Å²) in [5.74, 6) is -0.819. The van der Waals surface area contributed by atoms with Gasteiger partial charge >= 0.3 is 12.1 Å². The molecular weight excluding hydrogens is 286 g/mol. The molecule has 0 saturated heterocycles. The summed E-state index contributed by atoms with van der Waals surface area (Å²) in [6.07, 6.45) is 0.0481. The third-order valence-electron chi connectivity index (χ3n) is 3.82. The van der Waals surface area contributed by atoms with Crippen LogP contribution in [0.3, 0.4) is 0 Å². The van der Waals surface area contributed by atoms with Crippen molar-refractivity contribution < 1.29 is 19.5 Å². The lowest BCUT2D eigenvalue weighted by Gasteiger charge is -2.20. The molecule has 0 heterocycles. The maximum atomic E-state index is 12.4. The van der Waals surface area contributed by atoms with Crippen molar-refractivity contribution in [3.63, 3.8) is 0 Å². The second-order valence-corrected chi connectivity index (χ2v) is 5.07. The highest BCUT2D eigenvalue weighted by Crippen LogP contribution is 2.36. The van der Waals surface area contributed by atoms with E-state index in [0.29, 0.717) is 18.5 Å². The number of rotatable bonds is 3. The number of nitrogens with zero attached hydrogens (tertiary/aromatic N) is 1. The van der Waals surface area contributed by atoms with Crippen molar-refractivity contribution in [3.8, 4) is 0 Å².